The predicted octanol–water partition coefficient (Wildman–Crippen LogP) is 5.99. The maximum absolute atomic E-state index is 13.0. The molecule has 0 spiro atoms. The summed E-state index contributed by atoms with van der Waals surface area (Å²) in [6.07, 6.45) is 1.87. The van der Waals surface area contributed by atoms with Crippen LogP contribution in [0.4, 0.5) is 19.9 Å². The lowest BCUT2D eigenvalue weighted by Crippen LogP contribution is -2.59. The zero-order valence-electron chi connectivity index (χ0n) is 30.2. The molecule has 0 aliphatic carbocycles. The molecule has 288 valence electrons. The summed E-state index contributed by atoms with van der Waals surface area (Å²) in [5.41, 5.74) is 7.07. The molecule has 55 heavy (non-hydrogen) atoms. The van der Waals surface area contributed by atoms with E-state index < -0.39 is 12.2 Å². The Hall–Kier alpha value is -5.70. The summed E-state index contributed by atoms with van der Waals surface area (Å²) in [7, 11) is 0. The number of aryl methyl sites for hydroxylation is 2. The second-order valence-corrected chi connectivity index (χ2v) is 14.2. The number of nitrogens with one attached hydrogen (secondary N) is 2. The van der Waals surface area contributed by atoms with E-state index in [9.17, 15) is 24.9 Å². The average Bonchev–Trinajstić information content (AvgIpc) is 3.58. The SMILES string of the molecule is F.F.O=C(O)N(c1cc(CCCn2nnc3cc(CNC[C@H](O)c4ccc(O)c5[nH]c(=O)ccc45)ccc32)ccc1-c1ccccc1)[C@H]1CN2CCC1CC2. The molecule has 3 saturated heterocycles. The van der Waals surface area contributed by atoms with E-state index in [4.69, 9.17) is 0 Å². The van der Waals surface area contributed by atoms with Gasteiger partial charge in [0.2, 0.25) is 5.56 Å². The van der Waals surface area contributed by atoms with Crippen molar-refractivity contribution in [2.24, 2.45) is 5.92 Å². The normalized spacial score (nSPS) is 18.1. The molecule has 5 N–H and O–H groups in total. The van der Waals surface area contributed by atoms with Crippen molar-refractivity contribution in [2.45, 2.75) is 50.9 Å². The number of hydrogen-bond donors (Lipinski definition) is 5. The number of amides is 1. The van der Waals surface area contributed by atoms with E-state index in [1.807, 2.05) is 53.2 Å². The minimum atomic E-state index is -0.900. The fourth-order valence-corrected chi connectivity index (χ4v) is 8.18. The lowest BCUT2D eigenvalue weighted by atomic mass is 9.82. The van der Waals surface area contributed by atoms with Crippen LogP contribution in [-0.2, 0) is 19.5 Å². The van der Waals surface area contributed by atoms with Crippen molar-refractivity contribution >= 4 is 33.7 Å². The van der Waals surface area contributed by atoms with E-state index in [0.29, 0.717) is 35.5 Å². The van der Waals surface area contributed by atoms with Gasteiger partial charge in [-0.25, -0.2) is 9.48 Å². The number of halogens is 2. The number of benzene rings is 4. The Morgan fingerprint density at radius 3 is 2.49 bits per heavy atom. The van der Waals surface area contributed by atoms with E-state index >= 15 is 0 Å². The van der Waals surface area contributed by atoms with E-state index in [1.54, 1.807) is 17.0 Å². The van der Waals surface area contributed by atoms with Gasteiger partial charge in [0.15, 0.2) is 0 Å². The zero-order valence-corrected chi connectivity index (χ0v) is 30.2. The number of carboxylic acid groups (broad SMARTS) is 1. The van der Waals surface area contributed by atoms with Gasteiger partial charge >= 0.3 is 6.09 Å². The maximum Gasteiger partial charge on any atom is 0.412 e. The minimum absolute atomic E-state index is 0. The van der Waals surface area contributed by atoms with Crippen LogP contribution in [0.1, 0.15) is 42.1 Å². The van der Waals surface area contributed by atoms with Crippen LogP contribution >= 0.6 is 0 Å². The molecule has 0 unspecified atom stereocenters. The van der Waals surface area contributed by atoms with Crippen LogP contribution in [0.5, 0.6) is 5.75 Å². The topological polar surface area (TPSA) is 160 Å². The first-order valence-corrected chi connectivity index (χ1v) is 18.3. The molecule has 3 aliphatic rings. The van der Waals surface area contributed by atoms with Crippen molar-refractivity contribution in [2.75, 3.05) is 31.1 Å². The molecular weight excluding hydrogens is 708 g/mol. The average molecular weight is 754 g/mol. The number of aliphatic hydroxyl groups excluding tert-OH is 1. The van der Waals surface area contributed by atoms with Crippen LogP contribution in [-0.4, -0.2) is 78.5 Å². The Kier molecular flexibility index (Phi) is 11.9. The van der Waals surface area contributed by atoms with Crippen molar-refractivity contribution in [3.05, 3.63) is 118 Å². The van der Waals surface area contributed by atoms with Gasteiger partial charge in [0.05, 0.1) is 28.9 Å². The molecule has 3 aliphatic heterocycles. The number of phenolic OH excluding ortho intramolecular Hbond substituents is 1. The van der Waals surface area contributed by atoms with Crippen LogP contribution in [0.3, 0.4) is 0 Å². The second-order valence-electron chi connectivity index (χ2n) is 14.2. The van der Waals surface area contributed by atoms with Gasteiger partial charge in [-0.2, -0.15) is 0 Å². The largest absolute Gasteiger partial charge is 0.506 e. The molecule has 2 bridgehead atoms. The highest BCUT2D eigenvalue weighted by Crippen LogP contribution is 2.39. The Bertz CT molecular complexity index is 2330. The van der Waals surface area contributed by atoms with Gasteiger partial charge in [-0.15, -0.1) is 5.10 Å². The van der Waals surface area contributed by atoms with Crippen LogP contribution in [0, 0.1) is 5.92 Å². The number of aromatic nitrogens is 4. The van der Waals surface area contributed by atoms with Crippen LogP contribution in [0.15, 0.2) is 95.8 Å². The number of aromatic hydroxyl groups is 1. The third kappa shape index (κ3) is 8.07. The van der Waals surface area contributed by atoms with Gasteiger partial charge in [0.1, 0.15) is 11.3 Å². The second kappa shape index (κ2) is 16.8. The van der Waals surface area contributed by atoms with E-state index in [0.717, 1.165) is 84.3 Å². The zero-order chi connectivity index (χ0) is 36.5. The van der Waals surface area contributed by atoms with E-state index in [1.165, 1.54) is 12.1 Å². The first kappa shape index (κ1) is 39.0. The van der Waals surface area contributed by atoms with Gasteiger partial charge in [-0.1, -0.05) is 59.8 Å². The van der Waals surface area contributed by atoms with Crippen LogP contribution < -0.4 is 15.8 Å². The van der Waals surface area contributed by atoms with Crippen molar-refractivity contribution in [3.8, 4) is 16.9 Å². The smallest absolute Gasteiger partial charge is 0.412 e. The summed E-state index contributed by atoms with van der Waals surface area (Å²) in [4.78, 5) is 31.4. The number of nitrogens with zero attached hydrogens (tertiary/aromatic N) is 5. The Morgan fingerprint density at radius 1 is 0.964 bits per heavy atom. The molecule has 2 atom stereocenters. The molecule has 5 heterocycles. The quantitative estimate of drug-likeness (QED) is 0.101. The van der Waals surface area contributed by atoms with Gasteiger partial charge in [-0.3, -0.25) is 19.1 Å². The molecule has 12 nitrogen and oxygen atoms in total. The molecule has 1 amide bonds. The molecule has 9 rings (SSSR count). The lowest BCUT2D eigenvalue weighted by molar-refractivity contribution is 0.0837. The van der Waals surface area contributed by atoms with E-state index in [-0.39, 0.29) is 33.3 Å². The molecule has 0 saturated carbocycles. The number of anilines is 1. The fourth-order valence-electron chi connectivity index (χ4n) is 8.18. The Balaban J connectivity index is 0.00000257. The number of hydrogen-bond acceptors (Lipinski definition) is 8. The number of pyridine rings is 1. The Morgan fingerprint density at radius 2 is 1.75 bits per heavy atom. The highest BCUT2D eigenvalue weighted by Gasteiger charge is 2.41. The highest BCUT2D eigenvalue weighted by molar-refractivity contribution is 5.94. The third-order valence-electron chi connectivity index (χ3n) is 10.9. The van der Waals surface area contributed by atoms with Crippen molar-refractivity contribution < 1.29 is 29.5 Å². The summed E-state index contributed by atoms with van der Waals surface area (Å²) in [6.45, 7) is 4.29. The summed E-state index contributed by atoms with van der Waals surface area (Å²) in [6, 6.07) is 28.4. The van der Waals surface area contributed by atoms with Gasteiger partial charge in [-0.05, 0) is 97.3 Å². The number of phenols is 1. The van der Waals surface area contributed by atoms with Gasteiger partial charge in [0, 0.05) is 43.2 Å². The molecule has 4 aromatic carbocycles. The standard InChI is InChI=1S/C41H43N7O5.2FH/c49-37-14-11-31(32-12-15-39(51)43-40(32)37)38(50)24-42-23-27-9-13-34-33(21-27)44-45-47(34)18-4-5-26-8-10-30(28-6-2-1-3-7-28)35(22-26)48(41(52)53)36-25-46-19-16-29(36)17-20-46;;/h1-3,6-15,21-22,29,36,38,42,49-50H,4-5,16-20,23-25H2,(H,43,51)(H,52,53);2*1H/t36-,38-;;/m0../s1. The number of piperidine rings is 3. The van der Waals surface area contributed by atoms with Crippen molar-refractivity contribution in [1.29, 1.82) is 0 Å². The summed E-state index contributed by atoms with van der Waals surface area (Å²) in [5.74, 6) is 0.323. The number of aliphatic hydroxyl groups is 1. The monoisotopic (exact) mass is 753 g/mol. The van der Waals surface area contributed by atoms with Gasteiger partial charge in [0.25, 0.3) is 0 Å². The molecule has 2 aromatic heterocycles. The maximum atomic E-state index is 13.0. The van der Waals surface area contributed by atoms with Crippen molar-refractivity contribution in [1.82, 2.24) is 30.2 Å². The highest BCUT2D eigenvalue weighted by atomic mass is 19.0. The predicted molar refractivity (Wildman–Crippen MR) is 209 cm³/mol. The number of carbonyl (C=O) groups is 1. The number of rotatable bonds is 12. The first-order chi connectivity index (χ1) is 25.8. The molecule has 3 fully saturated rings. The molecule has 14 heteroatoms. The number of H-pyrrole nitrogens is 1. The number of fused-ring (bicyclic) bond motifs is 5. The van der Waals surface area contributed by atoms with Gasteiger partial charge < -0.3 is 30.5 Å². The van der Waals surface area contributed by atoms with Crippen molar-refractivity contribution in [3.63, 3.8) is 0 Å². The molecule has 0 radical (unpaired) electrons. The Labute approximate surface area is 315 Å². The summed E-state index contributed by atoms with van der Waals surface area (Å²) in [5, 5.41) is 44.4. The van der Waals surface area contributed by atoms with Crippen LogP contribution in [0.25, 0.3) is 33.1 Å². The molecule has 6 aromatic rings. The van der Waals surface area contributed by atoms with E-state index in [2.05, 4.69) is 43.7 Å². The van der Waals surface area contributed by atoms with Crippen LogP contribution in [0.2, 0.25) is 0 Å². The summed E-state index contributed by atoms with van der Waals surface area (Å²) < 4.78 is 1.91. The lowest BCUT2D eigenvalue weighted by Gasteiger charge is -2.48. The first-order valence-electron chi connectivity index (χ1n) is 18.3. The number of aromatic amines is 1. The third-order valence-corrected chi connectivity index (χ3v) is 10.9. The summed E-state index contributed by atoms with van der Waals surface area (Å²) >= 11 is 0. The fraction of sp³-hybridized carbons (Fsp3) is 0.317. The minimum Gasteiger partial charge on any atom is -0.506 e. The molecular formula is C41H45F2N7O5.